The lowest BCUT2D eigenvalue weighted by molar-refractivity contribution is 0.601. The fourth-order valence-electron chi connectivity index (χ4n) is 3.19. The van der Waals surface area contributed by atoms with Gasteiger partial charge in [0.1, 0.15) is 0 Å². The Balaban J connectivity index is 1.55. The zero-order chi connectivity index (χ0) is 19.7. The second-order valence-corrected chi connectivity index (χ2v) is 8.86. The molecule has 2 N–H and O–H groups in total. The van der Waals surface area contributed by atoms with Crippen molar-refractivity contribution in [3.8, 4) is 11.3 Å². The second-order valence-electron chi connectivity index (χ2n) is 7.18. The molecule has 0 atom stereocenters. The maximum absolute atomic E-state index is 12.6. The molecule has 0 spiro atoms. The molecule has 4 nitrogen and oxygen atoms in total. The van der Waals surface area contributed by atoms with Crippen molar-refractivity contribution in [1.29, 1.82) is 0 Å². The van der Waals surface area contributed by atoms with E-state index in [9.17, 15) is 8.42 Å². The highest BCUT2D eigenvalue weighted by molar-refractivity contribution is 7.92. The van der Waals surface area contributed by atoms with Gasteiger partial charge >= 0.3 is 0 Å². The van der Waals surface area contributed by atoms with E-state index in [2.05, 4.69) is 35.7 Å². The standard InChI is InChI=1S/C23H22N2O2S/c1-16(2)17-9-13-21(14-10-17)28(26,27)25-20-11-7-18(8-12-20)23-15-19-5-3-4-6-22(19)24-23/h3-16,24-25H,1-2H3. The topological polar surface area (TPSA) is 62.0 Å². The van der Waals surface area contributed by atoms with Crippen molar-refractivity contribution in [2.75, 3.05) is 4.72 Å². The minimum atomic E-state index is -3.61. The van der Waals surface area contributed by atoms with Gasteiger partial charge in [0.15, 0.2) is 0 Å². The molecule has 142 valence electrons. The third-order valence-corrected chi connectivity index (χ3v) is 6.23. The van der Waals surface area contributed by atoms with Crippen LogP contribution in [-0.4, -0.2) is 13.4 Å². The fraction of sp³-hybridized carbons (Fsp3) is 0.130. The van der Waals surface area contributed by atoms with E-state index in [1.807, 2.05) is 42.5 Å². The predicted molar refractivity (Wildman–Crippen MR) is 115 cm³/mol. The summed E-state index contributed by atoms with van der Waals surface area (Å²) in [5.41, 5.74) is 4.72. The van der Waals surface area contributed by atoms with Gasteiger partial charge in [0, 0.05) is 22.3 Å². The van der Waals surface area contributed by atoms with Gasteiger partial charge < -0.3 is 4.98 Å². The van der Waals surface area contributed by atoms with Crippen LogP contribution < -0.4 is 4.72 Å². The largest absolute Gasteiger partial charge is 0.355 e. The molecule has 4 rings (SSSR count). The first kappa shape index (κ1) is 18.3. The van der Waals surface area contributed by atoms with Crippen LogP contribution in [0.4, 0.5) is 5.69 Å². The molecule has 0 bridgehead atoms. The van der Waals surface area contributed by atoms with E-state index in [4.69, 9.17) is 0 Å². The van der Waals surface area contributed by atoms with E-state index in [0.29, 0.717) is 11.6 Å². The van der Waals surface area contributed by atoms with Crippen LogP contribution in [-0.2, 0) is 10.0 Å². The van der Waals surface area contributed by atoms with E-state index in [1.165, 1.54) is 0 Å². The third kappa shape index (κ3) is 3.66. The molecule has 0 saturated carbocycles. The van der Waals surface area contributed by atoms with Crippen LogP contribution in [0.2, 0.25) is 0 Å². The number of fused-ring (bicyclic) bond motifs is 1. The van der Waals surface area contributed by atoms with Gasteiger partial charge in [-0.25, -0.2) is 8.42 Å². The summed E-state index contributed by atoms with van der Waals surface area (Å²) in [6.45, 7) is 4.16. The Labute approximate surface area is 165 Å². The van der Waals surface area contributed by atoms with Gasteiger partial charge in [0.2, 0.25) is 0 Å². The number of aromatic nitrogens is 1. The Morgan fingerprint density at radius 2 is 1.54 bits per heavy atom. The molecule has 1 heterocycles. The Kier molecular flexibility index (Phi) is 4.69. The zero-order valence-corrected chi connectivity index (χ0v) is 16.6. The Morgan fingerprint density at radius 1 is 0.857 bits per heavy atom. The van der Waals surface area contributed by atoms with Gasteiger partial charge in [-0.05, 0) is 53.4 Å². The number of sulfonamides is 1. The molecule has 3 aromatic carbocycles. The molecule has 5 heteroatoms. The van der Waals surface area contributed by atoms with Crippen molar-refractivity contribution in [2.24, 2.45) is 0 Å². The highest BCUT2D eigenvalue weighted by Crippen LogP contribution is 2.26. The number of hydrogen-bond donors (Lipinski definition) is 2. The molecule has 0 radical (unpaired) electrons. The number of rotatable bonds is 5. The smallest absolute Gasteiger partial charge is 0.261 e. The maximum Gasteiger partial charge on any atom is 0.261 e. The highest BCUT2D eigenvalue weighted by atomic mass is 32.2. The van der Waals surface area contributed by atoms with Crippen LogP contribution in [0.15, 0.2) is 83.8 Å². The molecule has 0 fully saturated rings. The van der Waals surface area contributed by atoms with Crippen molar-refractivity contribution >= 4 is 26.6 Å². The summed E-state index contributed by atoms with van der Waals surface area (Å²) >= 11 is 0. The summed E-state index contributed by atoms with van der Waals surface area (Å²) in [7, 11) is -3.61. The summed E-state index contributed by atoms with van der Waals surface area (Å²) < 4.78 is 27.9. The first-order valence-electron chi connectivity index (χ1n) is 9.23. The zero-order valence-electron chi connectivity index (χ0n) is 15.8. The second kappa shape index (κ2) is 7.17. The fourth-order valence-corrected chi connectivity index (χ4v) is 4.25. The van der Waals surface area contributed by atoms with Crippen molar-refractivity contribution in [2.45, 2.75) is 24.7 Å². The van der Waals surface area contributed by atoms with Gasteiger partial charge in [-0.3, -0.25) is 4.72 Å². The Bertz CT molecular complexity index is 1170. The molecule has 0 aliphatic rings. The Hall–Kier alpha value is -3.05. The normalized spacial score (nSPS) is 11.8. The van der Waals surface area contributed by atoms with Crippen molar-refractivity contribution in [3.63, 3.8) is 0 Å². The number of anilines is 1. The number of H-pyrrole nitrogens is 1. The highest BCUT2D eigenvalue weighted by Gasteiger charge is 2.14. The predicted octanol–water partition coefficient (Wildman–Crippen LogP) is 5.76. The van der Waals surface area contributed by atoms with Gasteiger partial charge in [-0.1, -0.05) is 56.3 Å². The van der Waals surface area contributed by atoms with Crippen LogP contribution in [0.5, 0.6) is 0 Å². The average molecular weight is 391 g/mol. The lowest BCUT2D eigenvalue weighted by Gasteiger charge is -2.10. The minimum absolute atomic E-state index is 0.261. The molecule has 28 heavy (non-hydrogen) atoms. The van der Waals surface area contributed by atoms with Gasteiger partial charge in [0.05, 0.1) is 4.90 Å². The number of aromatic amines is 1. The number of benzene rings is 3. The molecule has 0 unspecified atom stereocenters. The molecule has 0 amide bonds. The molecular weight excluding hydrogens is 368 g/mol. The van der Waals surface area contributed by atoms with E-state index in [0.717, 1.165) is 27.7 Å². The van der Waals surface area contributed by atoms with E-state index < -0.39 is 10.0 Å². The summed E-state index contributed by atoms with van der Waals surface area (Å²) in [4.78, 5) is 3.64. The Morgan fingerprint density at radius 3 is 2.18 bits per heavy atom. The first-order valence-corrected chi connectivity index (χ1v) is 10.7. The van der Waals surface area contributed by atoms with Crippen LogP contribution in [0, 0.1) is 0 Å². The van der Waals surface area contributed by atoms with E-state index in [1.54, 1.807) is 24.3 Å². The maximum atomic E-state index is 12.6. The molecule has 1 aromatic heterocycles. The van der Waals surface area contributed by atoms with Gasteiger partial charge in [-0.15, -0.1) is 0 Å². The summed E-state index contributed by atoms with van der Waals surface area (Å²) in [5.74, 6) is 0.363. The number of nitrogens with one attached hydrogen (secondary N) is 2. The molecule has 0 aliphatic carbocycles. The monoisotopic (exact) mass is 390 g/mol. The number of para-hydroxylation sites is 1. The van der Waals surface area contributed by atoms with E-state index in [-0.39, 0.29) is 4.90 Å². The van der Waals surface area contributed by atoms with Crippen molar-refractivity contribution in [1.82, 2.24) is 4.98 Å². The molecule has 4 aromatic rings. The van der Waals surface area contributed by atoms with Gasteiger partial charge in [-0.2, -0.15) is 0 Å². The van der Waals surface area contributed by atoms with Crippen LogP contribution >= 0.6 is 0 Å². The van der Waals surface area contributed by atoms with Crippen LogP contribution in [0.25, 0.3) is 22.2 Å². The quantitative estimate of drug-likeness (QED) is 0.455. The summed E-state index contributed by atoms with van der Waals surface area (Å²) in [6, 6.07) is 24.6. The summed E-state index contributed by atoms with van der Waals surface area (Å²) in [5, 5.41) is 1.15. The van der Waals surface area contributed by atoms with Crippen LogP contribution in [0.1, 0.15) is 25.3 Å². The minimum Gasteiger partial charge on any atom is -0.355 e. The molecule has 0 aliphatic heterocycles. The van der Waals surface area contributed by atoms with Crippen molar-refractivity contribution in [3.05, 3.63) is 84.4 Å². The van der Waals surface area contributed by atoms with E-state index >= 15 is 0 Å². The van der Waals surface area contributed by atoms with Crippen molar-refractivity contribution < 1.29 is 8.42 Å². The number of hydrogen-bond acceptors (Lipinski definition) is 2. The third-order valence-electron chi connectivity index (χ3n) is 4.84. The lowest BCUT2D eigenvalue weighted by Crippen LogP contribution is -2.12. The van der Waals surface area contributed by atoms with Gasteiger partial charge in [0.25, 0.3) is 10.0 Å². The van der Waals surface area contributed by atoms with Crippen LogP contribution in [0.3, 0.4) is 0 Å². The summed E-state index contributed by atoms with van der Waals surface area (Å²) in [6.07, 6.45) is 0. The first-order chi connectivity index (χ1) is 13.4. The molecular formula is C23H22N2O2S. The average Bonchev–Trinajstić information content (AvgIpc) is 3.12. The molecule has 0 saturated heterocycles. The lowest BCUT2D eigenvalue weighted by atomic mass is 10.0. The SMILES string of the molecule is CC(C)c1ccc(S(=O)(=O)Nc2ccc(-c3cc4ccccc4[nH]3)cc2)cc1.